The van der Waals surface area contributed by atoms with E-state index in [2.05, 4.69) is 20.7 Å². The zero-order valence-corrected chi connectivity index (χ0v) is 13.7. The highest BCUT2D eigenvalue weighted by Crippen LogP contribution is 2.26. The number of hydrogen-bond donors (Lipinski definition) is 2. The largest absolute Gasteiger partial charge is 0.291 e. The van der Waals surface area contributed by atoms with Gasteiger partial charge in [-0.25, -0.2) is 5.43 Å². The van der Waals surface area contributed by atoms with E-state index >= 15 is 0 Å². The van der Waals surface area contributed by atoms with Crippen LogP contribution in [0.25, 0.3) is 10.6 Å². The van der Waals surface area contributed by atoms with Crippen LogP contribution >= 0.6 is 22.7 Å². The smallest absolute Gasteiger partial charge is 0.276 e. The summed E-state index contributed by atoms with van der Waals surface area (Å²) in [5, 5.41) is 13.0. The van der Waals surface area contributed by atoms with Gasteiger partial charge in [0.05, 0.1) is 16.3 Å². The van der Waals surface area contributed by atoms with Crippen LogP contribution in [0.5, 0.6) is 0 Å². The fourth-order valence-electron chi connectivity index (χ4n) is 1.87. The molecule has 3 aromatic rings. The number of carbonyl (C=O) groups excluding carboxylic acids is 1. The molecule has 0 saturated carbocycles. The quantitative estimate of drug-likeness (QED) is 0.566. The van der Waals surface area contributed by atoms with E-state index in [1.54, 1.807) is 28.7 Å². The molecule has 0 aliphatic heterocycles. The third-order valence-electron chi connectivity index (χ3n) is 3.02. The van der Waals surface area contributed by atoms with Gasteiger partial charge in [-0.2, -0.15) is 10.2 Å². The van der Waals surface area contributed by atoms with E-state index < -0.39 is 0 Å². The molecule has 5 nitrogen and oxygen atoms in total. The van der Waals surface area contributed by atoms with Crippen molar-refractivity contribution in [3.05, 3.63) is 51.2 Å². The van der Waals surface area contributed by atoms with Gasteiger partial charge in [0.25, 0.3) is 5.91 Å². The monoisotopic (exact) mass is 330 g/mol. The molecule has 0 bridgehead atoms. The molecule has 0 aliphatic rings. The number of nitrogens with one attached hydrogen (secondary N) is 2. The first-order chi connectivity index (χ1) is 10.6. The van der Waals surface area contributed by atoms with Gasteiger partial charge in [0.1, 0.15) is 0 Å². The lowest BCUT2D eigenvalue weighted by molar-refractivity contribution is 0.0950. The molecule has 7 heteroatoms. The number of hydrazone groups is 1. The first-order valence-corrected chi connectivity index (χ1v) is 8.34. The fourth-order valence-corrected chi connectivity index (χ4v) is 3.39. The van der Waals surface area contributed by atoms with Crippen LogP contribution in [-0.2, 0) is 0 Å². The highest BCUT2D eigenvalue weighted by molar-refractivity contribution is 7.15. The van der Waals surface area contributed by atoms with Gasteiger partial charge in [-0.3, -0.25) is 9.89 Å². The van der Waals surface area contributed by atoms with E-state index in [9.17, 15) is 4.79 Å². The number of carbonyl (C=O) groups is 1. The number of aromatic amines is 1. The van der Waals surface area contributed by atoms with Gasteiger partial charge in [-0.05, 0) is 43.5 Å². The van der Waals surface area contributed by atoms with Crippen molar-refractivity contribution in [3.63, 3.8) is 0 Å². The van der Waals surface area contributed by atoms with Crippen LogP contribution in [0.1, 0.15) is 27.2 Å². The second kappa shape index (κ2) is 6.25. The third kappa shape index (κ3) is 3.15. The number of thiophene rings is 2. The normalized spacial score (nSPS) is 11.6. The van der Waals surface area contributed by atoms with Crippen LogP contribution in [0, 0.1) is 6.92 Å². The van der Waals surface area contributed by atoms with E-state index in [4.69, 9.17) is 0 Å². The maximum Gasteiger partial charge on any atom is 0.291 e. The Morgan fingerprint density at radius 2 is 2.23 bits per heavy atom. The van der Waals surface area contributed by atoms with E-state index in [0.717, 1.165) is 21.2 Å². The van der Waals surface area contributed by atoms with E-state index in [1.807, 2.05) is 43.5 Å². The van der Waals surface area contributed by atoms with Crippen LogP contribution in [0.3, 0.4) is 0 Å². The maximum atomic E-state index is 12.1. The average Bonchev–Trinajstić information content (AvgIpc) is 3.23. The Kier molecular flexibility index (Phi) is 4.17. The van der Waals surface area contributed by atoms with Gasteiger partial charge < -0.3 is 0 Å². The lowest BCUT2D eigenvalue weighted by Crippen LogP contribution is -2.19. The zero-order valence-electron chi connectivity index (χ0n) is 12.1. The summed E-state index contributed by atoms with van der Waals surface area (Å²) < 4.78 is 0. The number of amides is 1. The molecule has 3 heterocycles. The minimum atomic E-state index is -0.327. The number of aryl methyl sites for hydroxylation is 1. The lowest BCUT2D eigenvalue weighted by Gasteiger charge is -1.98. The van der Waals surface area contributed by atoms with Crippen molar-refractivity contribution in [3.8, 4) is 10.6 Å². The predicted molar refractivity (Wildman–Crippen MR) is 90.6 cm³/mol. The molecule has 0 saturated heterocycles. The maximum absolute atomic E-state index is 12.1. The fraction of sp³-hybridized carbons (Fsp3) is 0.133. The topological polar surface area (TPSA) is 70.1 Å². The molecule has 0 aromatic carbocycles. The van der Waals surface area contributed by atoms with Gasteiger partial charge in [-0.15, -0.1) is 22.7 Å². The Morgan fingerprint density at radius 1 is 1.36 bits per heavy atom. The molecule has 22 heavy (non-hydrogen) atoms. The Labute approximate surface area is 135 Å². The Bertz CT molecular complexity index is 814. The van der Waals surface area contributed by atoms with Crippen molar-refractivity contribution in [1.82, 2.24) is 15.6 Å². The van der Waals surface area contributed by atoms with Crippen molar-refractivity contribution >= 4 is 34.3 Å². The summed E-state index contributed by atoms with van der Waals surface area (Å²) >= 11 is 3.23. The van der Waals surface area contributed by atoms with Gasteiger partial charge in [0.2, 0.25) is 0 Å². The molecule has 3 aromatic heterocycles. The summed E-state index contributed by atoms with van der Waals surface area (Å²) in [5.74, 6) is -0.327. The number of aromatic nitrogens is 2. The van der Waals surface area contributed by atoms with Crippen LogP contribution < -0.4 is 5.43 Å². The summed E-state index contributed by atoms with van der Waals surface area (Å²) in [6.07, 6.45) is 0. The molecule has 3 rings (SSSR count). The van der Waals surface area contributed by atoms with Gasteiger partial charge in [0.15, 0.2) is 5.69 Å². The molecule has 2 N–H and O–H groups in total. The molecule has 0 atom stereocenters. The van der Waals surface area contributed by atoms with E-state index in [-0.39, 0.29) is 5.91 Å². The highest BCUT2D eigenvalue weighted by Gasteiger charge is 2.12. The molecular formula is C15H14N4OS2. The van der Waals surface area contributed by atoms with E-state index in [1.165, 1.54) is 4.88 Å². The van der Waals surface area contributed by atoms with Gasteiger partial charge >= 0.3 is 0 Å². The Morgan fingerprint density at radius 3 is 2.91 bits per heavy atom. The van der Waals surface area contributed by atoms with Crippen LogP contribution in [0.4, 0.5) is 0 Å². The Hall–Kier alpha value is -2.25. The summed E-state index contributed by atoms with van der Waals surface area (Å²) in [5.41, 5.74) is 4.46. The van der Waals surface area contributed by atoms with Crippen LogP contribution in [-0.4, -0.2) is 21.8 Å². The summed E-state index contributed by atoms with van der Waals surface area (Å²) in [6, 6.07) is 9.69. The molecule has 0 radical (unpaired) electrons. The number of rotatable bonds is 4. The number of H-pyrrole nitrogens is 1. The second-order valence-electron chi connectivity index (χ2n) is 4.69. The molecule has 0 fully saturated rings. The summed E-state index contributed by atoms with van der Waals surface area (Å²) in [4.78, 5) is 15.4. The molecular weight excluding hydrogens is 316 g/mol. The minimum Gasteiger partial charge on any atom is -0.276 e. The SMILES string of the molecule is CC(=NNC(=O)c1cc(-c2ccc(C)s2)[nH]n1)c1cccs1. The van der Waals surface area contributed by atoms with Crippen molar-refractivity contribution in [2.75, 3.05) is 0 Å². The number of nitrogens with zero attached hydrogens (tertiary/aromatic N) is 2. The molecule has 1 amide bonds. The van der Waals surface area contributed by atoms with Gasteiger partial charge in [0, 0.05) is 9.75 Å². The standard InChI is InChI=1S/C15H14N4OS2/c1-9-5-6-14(22-9)11-8-12(18-17-11)15(20)19-16-10(2)13-4-3-7-21-13/h3-8H,1-2H3,(H,17,18)(H,19,20). The first kappa shape index (κ1) is 14.7. The van der Waals surface area contributed by atoms with Gasteiger partial charge in [-0.1, -0.05) is 6.07 Å². The highest BCUT2D eigenvalue weighted by atomic mass is 32.1. The summed E-state index contributed by atoms with van der Waals surface area (Å²) in [6.45, 7) is 3.90. The molecule has 0 spiro atoms. The zero-order chi connectivity index (χ0) is 15.5. The van der Waals surface area contributed by atoms with Crippen molar-refractivity contribution in [2.45, 2.75) is 13.8 Å². The summed E-state index contributed by atoms with van der Waals surface area (Å²) in [7, 11) is 0. The van der Waals surface area contributed by atoms with Crippen molar-refractivity contribution < 1.29 is 4.79 Å². The minimum absolute atomic E-state index is 0.323. The third-order valence-corrected chi connectivity index (χ3v) is 5.03. The Balaban J connectivity index is 1.71. The lowest BCUT2D eigenvalue weighted by atomic mass is 10.3. The molecule has 112 valence electrons. The second-order valence-corrected chi connectivity index (χ2v) is 6.93. The predicted octanol–water partition coefficient (Wildman–Crippen LogP) is 3.66. The van der Waals surface area contributed by atoms with Crippen molar-refractivity contribution in [2.24, 2.45) is 5.10 Å². The van der Waals surface area contributed by atoms with E-state index in [0.29, 0.717) is 5.69 Å². The first-order valence-electron chi connectivity index (χ1n) is 6.64. The average molecular weight is 330 g/mol. The van der Waals surface area contributed by atoms with Crippen molar-refractivity contribution in [1.29, 1.82) is 0 Å². The molecule has 0 unspecified atom stereocenters. The number of hydrogen-bond acceptors (Lipinski definition) is 5. The van der Waals surface area contributed by atoms with Crippen LogP contribution in [0.15, 0.2) is 40.8 Å². The van der Waals surface area contributed by atoms with Crippen LogP contribution in [0.2, 0.25) is 0 Å². The molecule has 0 aliphatic carbocycles.